The third-order valence-electron chi connectivity index (χ3n) is 2.96. The van der Waals surface area contributed by atoms with E-state index >= 15 is 0 Å². The molecule has 0 bridgehead atoms. The highest BCUT2D eigenvalue weighted by molar-refractivity contribution is 5.85. The van der Waals surface area contributed by atoms with E-state index in [1.165, 1.54) is 6.07 Å². The van der Waals surface area contributed by atoms with Crippen LogP contribution in [0.2, 0.25) is 0 Å². The van der Waals surface area contributed by atoms with E-state index < -0.39 is 6.17 Å². The topological polar surface area (TPSA) is 50.4 Å². The average Bonchev–Trinajstić information content (AvgIpc) is 2.33. The summed E-state index contributed by atoms with van der Waals surface area (Å²) >= 11 is 0. The summed E-state index contributed by atoms with van der Waals surface area (Å²) < 4.78 is 26.8. The second-order valence-corrected chi connectivity index (χ2v) is 4.10. The first-order chi connectivity index (χ1) is 8.11. The van der Waals surface area contributed by atoms with Crippen LogP contribution in [0.15, 0.2) is 23.2 Å². The number of hydrogen-bond donors (Lipinski definition) is 2. The van der Waals surface area contributed by atoms with E-state index in [1.807, 2.05) is 0 Å². The molecule has 0 saturated heterocycles. The number of nitrogens with two attached hydrogens (primary N) is 1. The lowest BCUT2D eigenvalue weighted by Crippen LogP contribution is -2.30. The number of rotatable bonds is 2. The van der Waals surface area contributed by atoms with Crippen LogP contribution in [0.5, 0.6) is 0 Å². The summed E-state index contributed by atoms with van der Waals surface area (Å²) in [5.74, 6) is -0.363. The van der Waals surface area contributed by atoms with Gasteiger partial charge in [-0.2, -0.15) is 0 Å². The lowest BCUT2D eigenvalue weighted by molar-refractivity contribution is 0.358. The van der Waals surface area contributed by atoms with Crippen LogP contribution in [0.4, 0.5) is 14.5 Å². The molecule has 0 radical (unpaired) electrons. The standard InChI is InChI=1S/C12H15F2N3/c1-16-7-2-3-9(13)8(6-7)11-5-4-10(14)12(15)17-11/h2-3,6,10-11,16H,4-5H2,1H3,(H2,15,17). The van der Waals surface area contributed by atoms with E-state index in [0.717, 1.165) is 5.69 Å². The second kappa shape index (κ2) is 4.69. The van der Waals surface area contributed by atoms with E-state index in [-0.39, 0.29) is 17.7 Å². The van der Waals surface area contributed by atoms with Crippen molar-refractivity contribution in [3.8, 4) is 0 Å². The molecule has 2 atom stereocenters. The van der Waals surface area contributed by atoms with Gasteiger partial charge in [-0.3, -0.25) is 4.99 Å². The Labute approximate surface area is 98.7 Å². The fourth-order valence-corrected chi connectivity index (χ4v) is 1.96. The number of alkyl halides is 1. The molecular formula is C12H15F2N3. The molecule has 1 aromatic carbocycles. The molecule has 0 fully saturated rings. The van der Waals surface area contributed by atoms with Crippen LogP contribution in [0.1, 0.15) is 24.4 Å². The van der Waals surface area contributed by atoms with Gasteiger partial charge in [0.15, 0.2) is 6.17 Å². The monoisotopic (exact) mass is 239 g/mol. The Balaban J connectivity index is 2.34. The molecule has 1 heterocycles. The molecule has 1 aromatic rings. The highest BCUT2D eigenvalue weighted by atomic mass is 19.1. The summed E-state index contributed by atoms with van der Waals surface area (Å²) in [6, 6.07) is 4.34. The molecule has 1 aliphatic rings. The minimum Gasteiger partial charge on any atom is -0.388 e. The van der Waals surface area contributed by atoms with Crippen LogP contribution in [-0.4, -0.2) is 19.1 Å². The van der Waals surface area contributed by atoms with E-state index in [1.54, 1.807) is 19.2 Å². The van der Waals surface area contributed by atoms with Gasteiger partial charge in [-0.15, -0.1) is 0 Å². The Morgan fingerprint density at radius 3 is 2.82 bits per heavy atom. The van der Waals surface area contributed by atoms with Crippen molar-refractivity contribution in [2.75, 3.05) is 12.4 Å². The van der Waals surface area contributed by atoms with Crippen molar-refractivity contribution in [3.63, 3.8) is 0 Å². The normalized spacial score (nSPS) is 24.3. The molecule has 1 aliphatic heterocycles. The number of halogens is 2. The van der Waals surface area contributed by atoms with Crippen molar-refractivity contribution < 1.29 is 8.78 Å². The minimum absolute atomic E-state index is 0.0319. The maximum absolute atomic E-state index is 13.7. The van der Waals surface area contributed by atoms with Gasteiger partial charge in [0, 0.05) is 18.3 Å². The maximum atomic E-state index is 13.7. The van der Waals surface area contributed by atoms with E-state index in [9.17, 15) is 8.78 Å². The van der Waals surface area contributed by atoms with E-state index in [0.29, 0.717) is 18.4 Å². The van der Waals surface area contributed by atoms with Gasteiger partial charge < -0.3 is 11.1 Å². The third-order valence-corrected chi connectivity index (χ3v) is 2.96. The number of hydrogen-bond acceptors (Lipinski definition) is 3. The summed E-state index contributed by atoms with van der Waals surface area (Å²) in [5.41, 5.74) is 6.73. The molecule has 0 spiro atoms. The first-order valence-electron chi connectivity index (χ1n) is 5.56. The summed E-state index contributed by atoms with van der Waals surface area (Å²) in [6.45, 7) is 0. The quantitative estimate of drug-likeness (QED) is 0.832. The number of nitrogens with one attached hydrogen (secondary N) is 1. The average molecular weight is 239 g/mol. The lowest BCUT2D eigenvalue weighted by atomic mass is 9.97. The number of nitrogens with zero attached hydrogens (tertiary/aromatic N) is 1. The Hall–Kier alpha value is -1.65. The van der Waals surface area contributed by atoms with Crippen LogP contribution >= 0.6 is 0 Å². The molecule has 3 N–H and O–H groups in total. The van der Waals surface area contributed by atoms with Gasteiger partial charge >= 0.3 is 0 Å². The van der Waals surface area contributed by atoms with Gasteiger partial charge in [0.2, 0.25) is 0 Å². The zero-order valence-corrected chi connectivity index (χ0v) is 9.58. The van der Waals surface area contributed by atoms with Gasteiger partial charge in [-0.25, -0.2) is 8.78 Å². The zero-order chi connectivity index (χ0) is 12.4. The molecule has 17 heavy (non-hydrogen) atoms. The van der Waals surface area contributed by atoms with Crippen molar-refractivity contribution in [2.45, 2.75) is 25.1 Å². The van der Waals surface area contributed by atoms with Crippen molar-refractivity contribution in [3.05, 3.63) is 29.6 Å². The highest BCUT2D eigenvalue weighted by Crippen LogP contribution is 2.31. The number of anilines is 1. The number of benzene rings is 1. The van der Waals surface area contributed by atoms with E-state index in [2.05, 4.69) is 10.3 Å². The summed E-state index contributed by atoms with van der Waals surface area (Å²) in [4.78, 5) is 4.02. The Kier molecular flexibility index (Phi) is 3.26. The predicted molar refractivity (Wildman–Crippen MR) is 64.4 cm³/mol. The molecular weight excluding hydrogens is 224 g/mol. The van der Waals surface area contributed by atoms with Gasteiger partial charge in [-0.05, 0) is 31.0 Å². The van der Waals surface area contributed by atoms with Crippen LogP contribution in [0, 0.1) is 5.82 Å². The van der Waals surface area contributed by atoms with Crippen LogP contribution in [0.25, 0.3) is 0 Å². The molecule has 0 aliphatic carbocycles. The first kappa shape index (κ1) is 11.8. The van der Waals surface area contributed by atoms with Crippen molar-refractivity contribution in [1.82, 2.24) is 0 Å². The second-order valence-electron chi connectivity index (χ2n) is 4.10. The van der Waals surface area contributed by atoms with Gasteiger partial charge in [0.25, 0.3) is 0 Å². The molecule has 2 unspecified atom stereocenters. The van der Waals surface area contributed by atoms with Crippen molar-refractivity contribution in [1.29, 1.82) is 0 Å². The van der Waals surface area contributed by atoms with Gasteiger partial charge in [0.05, 0.1) is 6.04 Å². The Morgan fingerprint density at radius 1 is 1.41 bits per heavy atom. The van der Waals surface area contributed by atoms with Gasteiger partial charge in [-0.1, -0.05) is 0 Å². The zero-order valence-electron chi connectivity index (χ0n) is 9.58. The lowest BCUT2D eigenvalue weighted by Gasteiger charge is -2.22. The molecule has 3 nitrogen and oxygen atoms in total. The van der Waals surface area contributed by atoms with Crippen molar-refractivity contribution >= 4 is 11.5 Å². The number of amidine groups is 1. The molecule has 92 valence electrons. The molecule has 2 rings (SSSR count). The smallest absolute Gasteiger partial charge is 0.157 e. The molecule has 0 aromatic heterocycles. The summed E-state index contributed by atoms with van der Waals surface area (Å²) in [6.07, 6.45) is -0.420. The van der Waals surface area contributed by atoms with Gasteiger partial charge in [0.1, 0.15) is 11.7 Å². The Bertz CT molecular complexity index is 445. The SMILES string of the molecule is CNc1ccc(F)c(C2CCC(F)C(N)=N2)c1. The minimum atomic E-state index is -1.19. The predicted octanol–water partition coefficient (Wildman–Crippen LogP) is 2.40. The maximum Gasteiger partial charge on any atom is 0.157 e. The highest BCUT2D eigenvalue weighted by Gasteiger charge is 2.25. The first-order valence-corrected chi connectivity index (χ1v) is 5.56. The number of aliphatic imine (C=N–C) groups is 1. The Morgan fingerprint density at radius 2 is 2.18 bits per heavy atom. The molecule has 0 amide bonds. The van der Waals surface area contributed by atoms with Crippen LogP contribution < -0.4 is 11.1 Å². The third kappa shape index (κ3) is 2.38. The largest absolute Gasteiger partial charge is 0.388 e. The fraction of sp³-hybridized carbons (Fsp3) is 0.417. The summed E-state index contributed by atoms with van der Waals surface area (Å²) in [7, 11) is 1.76. The van der Waals surface area contributed by atoms with Crippen molar-refractivity contribution in [2.24, 2.45) is 10.7 Å². The summed E-state index contributed by atoms with van der Waals surface area (Å²) in [5, 5.41) is 2.93. The molecule has 0 saturated carbocycles. The van der Waals surface area contributed by atoms with Crippen LogP contribution in [-0.2, 0) is 0 Å². The van der Waals surface area contributed by atoms with E-state index in [4.69, 9.17) is 5.73 Å². The van der Waals surface area contributed by atoms with Crippen LogP contribution in [0.3, 0.4) is 0 Å². The molecule has 5 heteroatoms. The fourth-order valence-electron chi connectivity index (χ4n) is 1.96.